The van der Waals surface area contributed by atoms with Crippen molar-refractivity contribution in [2.24, 2.45) is 0 Å². The number of fused-ring (bicyclic) bond motifs is 1. The molecular formula is C20H23ClN4O. The van der Waals surface area contributed by atoms with E-state index in [0.717, 1.165) is 77.9 Å². The van der Waals surface area contributed by atoms with Crippen LogP contribution in [0.4, 0.5) is 0 Å². The van der Waals surface area contributed by atoms with Crippen molar-refractivity contribution in [3.05, 3.63) is 58.1 Å². The zero-order chi connectivity index (χ0) is 18.1. The second-order valence-electron chi connectivity index (χ2n) is 7.00. The molecule has 2 aromatic heterocycles. The SMILES string of the molecule is Cc1cc(CN2CCN(Cc3nc4ccccc4c(C)c3Cl)CC2)on1. The summed E-state index contributed by atoms with van der Waals surface area (Å²) in [5.41, 5.74) is 4.04. The average molecular weight is 371 g/mol. The van der Waals surface area contributed by atoms with Gasteiger partial charge in [0.05, 0.1) is 28.5 Å². The van der Waals surface area contributed by atoms with E-state index in [4.69, 9.17) is 21.1 Å². The Labute approximate surface area is 158 Å². The highest BCUT2D eigenvalue weighted by molar-refractivity contribution is 6.32. The van der Waals surface area contributed by atoms with E-state index >= 15 is 0 Å². The molecule has 1 aliphatic heterocycles. The van der Waals surface area contributed by atoms with Crippen LogP contribution in [-0.2, 0) is 13.1 Å². The van der Waals surface area contributed by atoms with Gasteiger partial charge in [-0.25, -0.2) is 4.98 Å². The van der Waals surface area contributed by atoms with Crippen molar-refractivity contribution in [1.29, 1.82) is 0 Å². The Morgan fingerprint density at radius 3 is 2.42 bits per heavy atom. The van der Waals surface area contributed by atoms with Crippen LogP contribution >= 0.6 is 11.6 Å². The van der Waals surface area contributed by atoms with Crippen LogP contribution in [0.3, 0.4) is 0 Å². The molecule has 0 unspecified atom stereocenters. The molecule has 0 amide bonds. The van der Waals surface area contributed by atoms with Crippen LogP contribution in [0, 0.1) is 13.8 Å². The van der Waals surface area contributed by atoms with Crippen LogP contribution in [0.15, 0.2) is 34.9 Å². The zero-order valence-corrected chi connectivity index (χ0v) is 16.0. The van der Waals surface area contributed by atoms with Crippen molar-refractivity contribution in [2.75, 3.05) is 26.2 Å². The third-order valence-corrected chi connectivity index (χ3v) is 5.54. The van der Waals surface area contributed by atoms with Crippen molar-refractivity contribution < 1.29 is 4.52 Å². The molecule has 6 heteroatoms. The van der Waals surface area contributed by atoms with Gasteiger partial charge in [0.1, 0.15) is 0 Å². The lowest BCUT2D eigenvalue weighted by Gasteiger charge is -2.34. The van der Waals surface area contributed by atoms with Gasteiger partial charge in [-0.1, -0.05) is 35.0 Å². The number of halogens is 1. The fourth-order valence-corrected chi connectivity index (χ4v) is 3.75. The van der Waals surface area contributed by atoms with Crippen molar-refractivity contribution in [3.8, 4) is 0 Å². The Bertz CT molecular complexity index is 915. The number of para-hydroxylation sites is 1. The predicted molar refractivity (Wildman–Crippen MR) is 103 cm³/mol. The molecule has 0 saturated carbocycles. The van der Waals surface area contributed by atoms with E-state index in [9.17, 15) is 0 Å². The smallest absolute Gasteiger partial charge is 0.150 e. The Morgan fingerprint density at radius 2 is 1.73 bits per heavy atom. The van der Waals surface area contributed by atoms with Crippen molar-refractivity contribution in [3.63, 3.8) is 0 Å². The van der Waals surface area contributed by atoms with Gasteiger partial charge < -0.3 is 4.52 Å². The number of pyridine rings is 1. The van der Waals surface area contributed by atoms with E-state index in [1.54, 1.807) is 0 Å². The second kappa shape index (κ2) is 7.35. The van der Waals surface area contributed by atoms with Gasteiger partial charge >= 0.3 is 0 Å². The first-order valence-corrected chi connectivity index (χ1v) is 9.38. The summed E-state index contributed by atoms with van der Waals surface area (Å²) in [7, 11) is 0. The summed E-state index contributed by atoms with van der Waals surface area (Å²) in [4.78, 5) is 9.63. The van der Waals surface area contributed by atoms with Crippen LogP contribution in [-0.4, -0.2) is 46.1 Å². The summed E-state index contributed by atoms with van der Waals surface area (Å²) in [5, 5.41) is 5.89. The van der Waals surface area contributed by atoms with Gasteiger partial charge in [-0.3, -0.25) is 9.80 Å². The molecule has 5 nitrogen and oxygen atoms in total. The second-order valence-corrected chi connectivity index (χ2v) is 7.38. The van der Waals surface area contributed by atoms with Gasteiger partial charge in [0.25, 0.3) is 0 Å². The topological polar surface area (TPSA) is 45.4 Å². The fourth-order valence-electron chi connectivity index (χ4n) is 3.55. The van der Waals surface area contributed by atoms with Crippen molar-refractivity contribution >= 4 is 22.5 Å². The summed E-state index contributed by atoms with van der Waals surface area (Å²) in [6, 6.07) is 10.2. The molecule has 1 fully saturated rings. The van der Waals surface area contributed by atoms with Crippen LogP contribution in [0.2, 0.25) is 5.02 Å². The maximum absolute atomic E-state index is 6.61. The molecule has 0 radical (unpaired) electrons. The lowest BCUT2D eigenvalue weighted by atomic mass is 10.1. The van der Waals surface area contributed by atoms with Crippen LogP contribution in [0.25, 0.3) is 10.9 Å². The highest BCUT2D eigenvalue weighted by Gasteiger charge is 2.20. The summed E-state index contributed by atoms with van der Waals surface area (Å²) in [6.07, 6.45) is 0. The van der Waals surface area contributed by atoms with E-state index in [1.807, 2.05) is 25.1 Å². The highest BCUT2D eigenvalue weighted by Crippen LogP contribution is 2.28. The molecule has 3 heterocycles. The summed E-state index contributed by atoms with van der Waals surface area (Å²) in [6.45, 7) is 9.64. The summed E-state index contributed by atoms with van der Waals surface area (Å²) < 4.78 is 5.33. The number of aryl methyl sites for hydroxylation is 2. The Kier molecular flexibility index (Phi) is 4.94. The molecule has 26 heavy (non-hydrogen) atoms. The van der Waals surface area contributed by atoms with Crippen molar-refractivity contribution in [2.45, 2.75) is 26.9 Å². The summed E-state index contributed by atoms with van der Waals surface area (Å²) >= 11 is 6.61. The highest BCUT2D eigenvalue weighted by atomic mass is 35.5. The first kappa shape index (κ1) is 17.5. The Morgan fingerprint density at radius 1 is 1.04 bits per heavy atom. The van der Waals surface area contributed by atoms with Gasteiger partial charge in [-0.2, -0.15) is 0 Å². The molecule has 1 aromatic carbocycles. The molecule has 3 aromatic rings. The number of hydrogen-bond donors (Lipinski definition) is 0. The molecule has 1 aliphatic rings. The van der Waals surface area contributed by atoms with Gasteiger partial charge in [-0.05, 0) is 25.5 Å². The molecule has 4 rings (SSSR count). The maximum Gasteiger partial charge on any atom is 0.150 e. The van der Waals surface area contributed by atoms with E-state index in [-0.39, 0.29) is 0 Å². The molecule has 0 spiro atoms. The Balaban J connectivity index is 1.41. The van der Waals surface area contributed by atoms with Crippen LogP contribution in [0.1, 0.15) is 22.7 Å². The van der Waals surface area contributed by atoms with E-state index < -0.39 is 0 Å². The molecule has 0 N–H and O–H groups in total. The third-order valence-electron chi connectivity index (χ3n) is 5.04. The molecule has 0 atom stereocenters. The summed E-state index contributed by atoms with van der Waals surface area (Å²) in [5.74, 6) is 0.936. The molecular weight excluding hydrogens is 348 g/mol. The number of piperazine rings is 1. The van der Waals surface area contributed by atoms with Crippen LogP contribution in [0.5, 0.6) is 0 Å². The molecule has 0 aliphatic carbocycles. The number of rotatable bonds is 4. The van der Waals surface area contributed by atoms with Gasteiger partial charge in [0.2, 0.25) is 0 Å². The largest absolute Gasteiger partial charge is 0.360 e. The molecule has 0 bridgehead atoms. The number of nitrogens with zero attached hydrogens (tertiary/aromatic N) is 4. The minimum absolute atomic E-state index is 0.791. The minimum Gasteiger partial charge on any atom is -0.360 e. The maximum atomic E-state index is 6.61. The average Bonchev–Trinajstić information content (AvgIpc) is 3.06. The van der Waals surface area contributed by atoms with Gasteiger partial charge in [-0.15, -0.1) is 0 Å². The normalized spacial score (nSPS) is 16.4. The van der Waals surface area contributed by atoms with E-state index in [1.165, 1.54) is 0 Å². The van der Waals surface area contributed by atoms with E-state index in [0.29, 0.717) is 0 Å². The molecule has 1 saturated heterocycles. The number of benzene rings is 1. The monoisotopic (exact) mass is 370 g/mol. The first-order chi connectivity index (χ1) is 12.6. The zero-order valence-electron chi connectivity index (χ0n) is 15.2. The number of aromatic nitrogens is 2. The molecule has 136 valence electrons. The van der Waals surface area contributed by atoms with E-state index in [2.05, 4.69) is 34.0 Å². The lowest BCUT2D eigenvalue weighted by Crippen LogP contribution is -2.45. The lowest BCUT2D eigenvalue weighted by molar-refractivity contribution is 0.113. The van der Waals surface area contributed by atoms with Gasteiger partial charge in [0.15, 0.2) is 5.76 Å². The standard InChI is InChI=1S/C20H23ClN4O/c1-14-11-16(26-23-14)12-24-7-9-25(10-8-24)13-19-20(21)15(2)17-5-3-4-6-18(17)22-19/h3-6,11H,7-10,12-13H2,1-2H3. The Hall–Kier alpha value is -1.95. The van der Waals surface area contributed by atoms with Crippen molar-refractivity contribution in [1.82, 2.24) is 19.9 Å². The minimum atomic E-state index is 0.791. The number of hydrogen-bond acceptors (Lipinski definition) is 5. The third kappa shape index (κ3) is 3.61. The predicted octanol–water partition coefficient (Wildman–Crippen LogP) is 3.81. The fraction of sp³-hybridized carbons (Fsp3) is 0.400. The van der Waals surface area contributed by atoms with Crippen LogP contribution < -0.4 is 0 Å². The first-order valence-electron chi connectivity index (χ1n) is 9.01. The van der Waals surface area contributed by atoms with Gasteiger partial charge in [0, 0.05) is 44.2 Å². The quantitative estimate of drug-likeness (QED) is 0.698.